The fraction of sp³-hybridized carbons (Fsp3) is 0.214. The van der Waals surface area contributed by atoms with Crippen LogP contribution in [0.5, 0.6) is 0 Å². The number of carboxylic acid groups (broad SMARTS) is 1. The number of benzene rings is 1. The maximum atomic E-state index is 11.8. The molecule has 0 unspecified atom stereocenters. The van der Waals surface area contributed by atoms with E-state index < -0.39 is 17.2 Å². The lowest BCUT2D eigenvalue weighted by atomic mass is 9.85. The van der Waals surface area contributed by atoms with E-state index >= 15 is 0 Å². The molecule has 0 saturated heterocycles. The van der Waals surface area contributed by atoms with Crippen molar-refractivity contribution >= 4 is 23.5 Å². The van der Waals surface area contributed by atoms with E-state index in [0.717, 1.165) is 5.56 Å². The molecule has 0 aliphatic rings. The highest BCUT2D eigenvalue weighted by molar-refractivity contribution is 6.47. The number of hydrogen-bond acceptors (Lipinski definition) is 3. The van der Waals surface area contributed by atoms with Gasteiger partial charge in [0, 0.05) is 0 Å². The monoisotopic (exact) mass is 245 g/mol. The van der Waals surface area contributed by atoms with Crippen molar-refractivity contribution in [3.8, 4) is 0 Å². The van der Waals surface area contributed by atoms with Crippen molar-refractivity contribution in [2.75, 3.05) is 0 Å². The number of carboxylic acids is 1. The van der Waals surface area contributed by atoms with Gasteiger partial charge < -0.3 is 5.11 Å². The third-order valence-corrected chi connectivity index (χ3v) is 2.59. The normalized spacial score (nSPS) is 11.4. The van der Waals surface area contributed by atoms with Gasteiger partial charge in [-0.3, -0.25) is 15.0 Å². The molecular weight excluding hydrogens is 230 g/mol. The lowest BCUT2D eigenvalue weighted by molar-refractivity contribution is -0.150. The van der Waals surface area contributed by atoms with Crippen LogP contribution in [-0.4, -0.2) is 22.6 Å². The van der Waals surface area contributed by atoms with Gasteiger partial charge in [0.15, 0.2) is 5.78 Å². The standard InChI is InChI=1S/C14H15NO3/c1-14(2,13(17)18)12(16)11(15)9-8-10-6-4-3-5-7-10/h3-9,15H,1-2H3,(H,17,18). The largest absolute Gasteiger partial charge is 0.481 e. The molecule has 0 aliphatic heterocycles. The molecule has 4 nitrogen and oxygen atoms in total. The van der Waals surface area contributed by atoms with Gasteiger partial charge in [-0.15, -0.1) is 0 Å². The SMILES string of the molecule is CC(C)(C(=O)O)C(=O)C(=N)C=Cc1ccccc1. The number of Topliss-reactive ketones (excluding diaryl/α,β-unsaturated/α-hetero) is 1. The van der Waals surface area contributed by atoms with Crippen LogP contribution in [-0.2, 0) is 9.59 Å². The van der Waals surface area contributed by atoms with Crippen LogP contribution in [0, 0.1) is 10.8 Å². The average molecular weight is 245 g/mol. The van der Waals surface area contributed by atoms with E-state index in [1.54, 1.807) is 6.08 Å². The van der Waals surface area contributed by atoms with Crippen molar-refractivity contribution in [2.45, 2.75) is 13.8 Å². The number of carbonyl (C=O) groups excluding carboxylic acids is 1. The Morgan fingerprint density at radius 2 is 1.78 bits per heavy atom. The molecule has 4 heteroatoms. The minimum absolute atomic E-state index is 0.314. The Balaban J connectivity index is 2.81. The second kappa shape index (κ2) is 5.40. The van der Waals surface area contributed by atoms with Crippen molar-refractivity contribution in [3.63, 3.8) is 0 Å². The summed E-state index contributed by atoms with van der Waals surface area (Å²) in [5.74, 6) is -1.94. The van der Waals surface area contributed by atoms with Gasteiger partial charge in [-0.1, -0.05) is 36.4 Å². The van der Waals surface area contributed by atoms with Crippen LogP contribution in [0.4, 0.5) is 0 Å². The Labute approximate surface area is 105 Å². The molecular formula is C14H15NO3. The first-order valence-corrected chi connectivity index (χ1v) is 5.45. The van der Waals surface area contributed by atoms with Gasteiger partial charge in [0.05, 0.1) is 5.71 Å². The lowest BCUT2D eigenvalue weighted by Crippen LogP contribution is -2.37. The Kier molecular flexibility index (Phi) is 4.15. The first kappa shape index (κ1) is 13.8. The number of aliphatic carboxylic acids is 1. The van der Waals surface area contributed by atoms with E-state index in [4.69, 9.17) is 10.5 Å². The van der Waals surface area contributed by atoms with E-state index in [1.165, 1.54) is 19.9 Å². The fourth-order valence-corrected chi connectivity index (χ4v) is 1.25. The average Bonchev–Trinajstić information content (AvgIpc) is 2.36. The molecule has 0 spiro atoms. The number of carbonyl (C=O) groups is 2. The number of hydrogen-bond donors (Lipinski definition) is 2. The third kappa shape index (κ3) is 3.13. The molecule has 0 amide bonds. The van der Waals surface area contributed by atoms with E-state index in [1.807, 2.05) is 30.3 Å². The van der Waals surface area contributed by atoms with E-state index in [-0.39, 0.29) is 5.71 Å². The summed E-state index contributed by atoms with van der Waals surface area (Å²) in [7, 11) is 0. The predicted octanol–water partition coefficient (Wildman–Crippen LogP) is 2.40. The second-order valence-corrected chi connectivity index (χ2v) is 4.42. The van der Waals surface area contributed by atoms with Crippen LogP contribution < -0.4 is 0 Å². The molecule has 0 saturated carbocycles. The van der Waals surface area contributed by atoms with Crippen LogP contribution >= 0.6 is 0 Å². The topological polar surface area (TPSA) is 78.2 Å². The molecule has 0 fully saturated rings. The Hall–Kier alpha value is -2.23. The van der Waals surface area contributed by atoms with Crippen LogP contribution in [0.25, 0.3) is 6.08 Å². The van der Waals surface area contributed by atoms with Crippen molar-refractivity contribution in [3.05, 3.63) is 42.0 Å². The van der Waals surface area contributed by atoms with Crippen molar-refractivity contribution in [1.82, 2.24) is 0 Å². The highest BCUT2D eigenvalue weighted by atomic mass is 16.4. The van der Waals surface area contributed by atoms with Gasteiger partial charge in [0.2, 0.25) is 0 Å². The van der Waals surface area contributed by atoms with Crippen LogP contribution in [0.15, 0.2) is 36.4 Å². The summed E-state index contributed by atoms with van der Waals surface area (Å²) in [6.07, 6.45) is 2.93. The third-order valence-electron chi connectivity index (χ3n) is 2.59. The quantitative estimate of drug-likeness (QED) is 0.617. The first-order chi connectivity index (χ1) is 8.35. The second-order valence-electron chi connectivity index (χ2n) is 4.42. The summed E-state index contributed by atoms with van der Waals surface area (Å²) in [5, 5.41) is 16.5. The summed E-state index contributed by atoms with van der Waals surface area (Å²) >= 11 is 0. The summed E-state index contributed by atoms with van der Waals surface area (Å²) < 4.78 is 0. The predicted molar refractivity (Wildman–Crippen MR) is 69.6 cm³/mol. The molecule has 1 rings (SSSR count). The number of ketones is 1. The Morgan fingerprint density at radius 1 is 1.22 bits per heavy atom. The smallest absolute Gasteiger partial charge is 0.317 e. The Morgan fingerprint density at radius 3 is 2.28 bits per heavy atom. The van der Waals surface area contributed by atoms with Gasteiger partial charge in [0.25, 0.3) is 0 Å². The van der Waals surface area contributed by atoms with Gasteiger partial charge in [-0.05, 0) is 25.5 Å². The molecule has 0 atom stereocenters. The Bertz CT molecular complexity index is 501. The minimum atomic E-state index is -1.57. The maximum Gasteiger partial charge on any atom is 0.317 e. The molecule has 1 aromatic carbocycles. The van der Waals surface area contributed by atoms with Gasteiger partial charge in [-0.25, -0.2) is 0 Å². The highest BCUT2D eigenvalue weighted by Gasteiger charge is 2.37. The molecule has 94 valence electrons. The van der Waals surface area contributed by atoms with Crippen molar-refractivity contribution < 1.29 is 14.7 Å². The van der Waals surface area contributed by atoms with Gasteiger partial charge in [0.1, 0.15) is 5.41 Å². The molecule has 0 bridgehead atoms. The summed E-state index contributed by atoms with van der Waals surface area (Å²) in [4.78, 5) is 22.7. The van der Waals surface area contributed by atoms with Crippen molar-refractivity contribution in [2.24, 2.45) is 5.41 Å². The van der Waals surface area contributed by atoms with Crippen molar-refractivity contribution in [1.29, 1.82) is 5.41 Å². The lowest BCUT2D eigenvalue weighted by Gasteiger charge is -2.16. The molecule has 1 aromatic rings. The number of rotatable bonds is 5. The molecule has 0 heterocycles. The summed E-state index contributed by atoms with van der Waals surface area (Å²) in [5.41, 5.74) is -1.03. The van der Waals surface area contributed by atoms with Gasteiger partial charge >= 0.3 is 5.97 Å². The summed E-state index contributed by atoms with van der Waals surface area (Å²) in [6.45, 7) is 2.59. The molecule has 0 aliphatic carbocycles. The zero-order chi connectivity index (χ0) is 13.8. The highest BCUT2D eigenvalue weighted by Crippen LogP contribution is 2.17. The van der Waals surface area contributed by atoms with Crippen LogP contribution in [0.2, 0.25) is 0 Å². The van der Waals surface area contributed by atoms with E-state index in [0.29, 0.717) is 0 Å². The number of allylic oxidation sites excluding steroid dienone is 1. The molecule has 2 N–H and O–H groups in total. The zero-order valence-corrected chi connectivity index (χ0v) is 10.3. The fourth-order valence-electron chi connectivity index (χ4n) is 1.25. The minimum Gasteiger partial charge on any atom is -0.481 e. The van der Waals surface area contributed by atoms with E-state index in [2.05, 4.69) is 0 Å². The molecule has 0 aromatic heterocycles. The van der Waals surface area contributed by atoms with Crippen LogP contribution in [0.3, 0.4) is 0 Å². The zero-order valence-electron chi connectivity index (χ0n) is 10.3. The number of nitrogens with one attached hydrogen (secondary N) is 1. The maximum absolute atomic E-state index is 11.8. The molecule has 0 radical (unpaired) electrons. The van der Waals surface area contributed by atoms with Gasteiger partial charge in [-0.2, -0.15) is 0 Å². The summed E-state index contributed by atoms with van der Waals surface area (Å²) in [6, 6.07) is 9.20. The van der Waals surface area contributed by atoms with E-state index in [9.17, 15) is 9.59 Å². The van der Waals surface area contributed by atoms with Crippen LogP contribution in [0.1, 0.15) is 19.4 Å². The molecule has 18 heavy (non-hydrogen) atoms. The first-order valence-electron chi connectivity index (χ1n) is 5.45.